The number of amides is 3. The predicted molar refractivity (Wildman–Crippen MR) is 399 cm³/mol. The standard InChI is InChI=1S/C73H130N3O34P3/c1-47-65(87)68(90)59(41-77)106-71(47)100-32-20-17-26-53(80)23-11-5-8-14-29-62(84)74-38-56(83)35-50(74)44-104-112(95,96)109-58-37-52(76(40-58)64(86)31-16-10-7-13-25-55(82)28-19-22-34-102-73-49(3)67(89)70(92)61(43-79)108-73)46-105-113(97,98)110-57-36-51(45-103-111(93,94)99-4)75(39-57)63(85)30-15-9-6-12-24-54(81)27-18-21-33-101-72-48(2)66(88)69(91)60(42-78)107-72/h47-52,56-61,65-73,77-79,83,87-92H,5-46H2,1-4H3,(H,93,94)(H,95,96)(H,97,98)/t47?,48?,49?,50-,51-,52-,56+,57+,58+,59?,60?,61?,65?,66?,67?,68?,69?,70?,71?,72?,73?/m0/s1. The van der Waals surface area contributed by atoms with Gasteiger partial charge in [-0.2, -0.15) is 0 Å². The van der Waals surface area contributed by atoms with Crippen LogP contribution in [0.1, 0.15) is 213 Å². The van der Waals surface area contributed by atoms with Crippen LogP contribution in [0.15, 0.2) is 0 Å². The molecule has 0 aromatic carbocycles. The molecule has 6 rings (SSSR count). The van der Waals surface area contributed by atoms with Gasteiger partial charge in [0.25, 0.3) is 0 Å². The van der Waals surface area contributed by atoms with Gasteiger partial charge in [-0.15, -0.1) is 0 Å². The number of carbonyl (C=O) groups is 6. The van der Waals surface area contributed by atoms with E-state index in [0.29, 0.717) is 154 Å². The minimum atomic E-state index is -5.09. The first kappa shape index (κ1) is 98.9. The summed E-state index contributed by atoms with van der Waals surface area (Å²) in [6.07, 6.45) is -4.48. The zero-order valence-electron chi connectivity index (χ0n) is 65.9. The van der Waals surface area contributed by atoms with Crippen molar-refractivity contribution >= 4 is 58.5 Å². The minimum Gasteiger partial charge on any atom is -0.394 e. The molecule has 18 unspecified atom stereocenters. The van der Waals surface area contributed by atoms with Crippen molar-refractivity contribution in [1.82, 2.24) is 14.7 Å². The second-order valence-electron chi connectivity index (χ2n) is 30.9. The molecule has 113 heavy (non-hydrogen) atoms. The van der Waals surface area contributed by atoms with Gasteiger partial charge in [-0.25, -0.2) is 13.7 Å². The van der Waals surface area contributed by atoms with Crippen LogP contribution in [0.2, 0.25) is 0 Å². The molecule has 0 radical (unpaired) electrons. The monoisotopic (exact) mass is 1690 g/mol. The molecule has 0 aliphatic carbocycles. The maximum atomic E-state index is 14.1. The second-order valence-corrected chi connectivity index (χ2v) is 35.3. The zero-order chi connectivity index (χ0) is 83.0. The summed E-state index contributed by atoms with van der Waals surface area (Å²) in [6.45, 7) is 1.96. The van der Waals surface area contributed by atoms with Gasteiger partial charge < -0.3 is 109 Å². The first-order chi connectivity index (χ1) is 53.7. The number of β-amino-alcohol motifs (C(OH)–C–C–N with tert-alkyl or cyclic N) is 1. The van der Waals surface area contributed by atoms with Gasteiger partial charge in [-0.3, -0.25) is 55.9 Å². The minimum absolute atomic E-state index is 0.00320. The summed E-state index contributed by atoms with van der Waals surface area (Å²) in [4.78, 5) is 116. The number of hydrogen-bond acceptors (Lipinski definition) is 31. The third kappa shape index (κ3) is 33.6. The van der Waals surface area contributed by atoms with Crippen molar-refractivity contribution < 1.29 is 164 Å². The third-order valence-corrected chi connectivity index (χ3v) is 25.0. The summed E-state index contributed by atoms with van der Waals surface area (Å²) in [6, 6.07) is -2.79. The lowest BCUT2D eigenvalue weighted by atomic mass is 9.92. The van der Waals surface area contributed by atoms with Crippen molar-refractivity contribution in [2.75, 3.05) is 86.2 Å². The van der Waals surface area contributed by atoms with Crippen LogP contribution in [0.25, 0.3) is 0 Å². The van der Waals surface area contributed by atoms with Gasteiger partial charge in [0.2, 0.25) is 17.7 Å². The molecule has 40 heteroatoms. The normalized spacial score (nSPS) is 31.8. The van der Waals surface area contributed by atoms with Crippen LogP contribution in [0.3, 0.4) is 0 Å². The summed E-state index contributed by atoms with van der Waals surface area (Å²) >= 11 is 0. The largest absolute Gasteiger partial charge is 0.472 e. The third-order valence-electron chi connectivity index (χ3n) is 21.9. The van der Waals surface area contributed by atoms with Gasteiger partial charge in [0.05, 0.1) is 94.4 Å². The number of ether oxygens (including phenoxy) is 6. The van der Waals surface area contributed by atoms with Crippen LogP contribution < -0.4 is 0 Å². The van der Waals surface area contributed by atoms with Crippen molar-refractivity contribution in [3.05, 3.63) is 0 Å². The van der Waals surface area contributed by atoms with Crippen molar-refractivity contribution in [2.45, 2.75) is 324 Å². The maximum absolute atomic E-state index is 14.1. The Labute approximate surface area is 662 Å². The molecule has 0 bridgehead atoms. The van der Waals surface area contributed by atoms with Crippen molar-refractivity contribution in [3.63, 3.8) is 0 Å². The number of ketones is 3. The van der Waals surface area contributed by atoms with Crippen molar-refractivity contribution in [3.8, 4) is 0 Å². The molecule has 6 fully saturated rings. The molecule has 6 saturated heterocycles. The van der Waals surface area contributed by atoms with Crippen molar-refractivity contribution in [1.29, 1.82) is 0 Å². The average molecular weight is 1690 g/mol. The Morgan fingerprint density at radius 2 is 0.628 bits per heavy atom. The van der Waals surface area contributed by atoms with Crippen LogP contribution in [-0.2, 0) is 98.0 Å². The quantitative estimate of drug-likeness (QED) is 0.0306. The maximum Gasteiger partial charge on any atom is 0.472 e. The van der Waals surface area contributed by atoms with E-state index >= 15 is 0 Å². The Bertz CT molecular complexity index is 3000. The van der Waals surface area contributed by atoms with Gasteiger partial charge >= 0.3 is 23.5 Å². The van der Waals surface area contributed by atoms with Crippen LogP contribution in [-0.4, -0.2) is 312 Å². The Kier molecular flexibility index (Phi) is 44.1. The molecular weight excluding hydrogens is 1560 g/mol. The molecule has 6 aliphatic rings. The van der Waals surface area contributed by atoms with Gasteiger partial charge in [-0.05, 0) is 96.3 Å². The molecule has 0 spiro atoms. The predicted octanol–water partition coefficient (Wildman–Crippen LogP) is 3.43. The lowest BCUT2D eigenvalue weighted by molar-refractivity contribution is -0.282. The fourth-order valence-electron chi connectivity index (χ4n) is 15.0. The lowest BCUT2D eigenvalue weighted by Crippen LogP contribution is -2.55. The summed E-state index contributed by atoms with van der Waals surface area (Å²) in [5.41, 5.74) is 0. The van der Waals surface area contributed by atoms with E-state index in [0.717, 1.165) is 7.11 Å². The Hall–Kier alpha value is -2.89. The first-order valence-electron chi connectivity index (χ1n) is 40.4. The highest BCUT2D eigenvalue weighted by Crippen LogP contribution is 2.50. The van der Waals surface area contributed by atoms with E-state index in [1.54, 1.807) is 20.8 Å². The highest BCUT2D eigenvalue weighted by atomic mass is 31.2. The fraction of sp³-hybridized carbons (Fsp3) is 0.918. The topological polar surface area (TPSA) is 537 Å². The average Bonchev–Trinajstić information content (AvgIpc) is 1.18. The van der Waals surface area contributed by atoms with Gasteiger partial charge in [0, 0.05) is 122 Å². The number of aliphatic hydroxyl groups excluding tert-OH is 10. The molecule has 0 aromatic rings. The number of phosphoric acid groups is 3. The van der Waals surface area contributed by atoms with Crippen LogP contribution in [0.5, 0.6) is 0 Å². The van der Waals surface area contributed by atoms with E-state index in [2.05, 4.69) is 4.52 Å². The number of phosphoric ester groups is 3. The number of likely N-dealkylation sites (tertiary alicyclic amines) is 3. The molecule has 0 saturated carbocycles. The second kappa shape index (κ2) is 50.4. The molecule has 6 heterocycles. The van der Waals surface area contributed by atoms with Gasteiger partial charge in [0.15, 0.2) is 18.9 Å². The van der Waals surface area contributed by atoms with E-state index in [-0.39, 0.29) is 101 Å². The first-order valence-corrected chi connectivity index (χ1v) is 44.9. The summed E-state index contributed by atoms with van der Waals surface area (Å²) in [5.74, 6) is -2.66. The van der Waals surface area contributed by atoms with Gasteiger partial charge in [-0.1, -0.05) is 59.3 Å². The fourth-order valence-corrected chi connectivity index (χ4v) is 17.3. The summed E-state index contributed by atoms with van der Waals surface area (Å²) < 4.78 is 106. The van der Waals surface area contributed by atoms with E-state index in [1.807, 2.05) is 0 Å². The number of aliphatic hydroxyl groups is 10. The molecular formula is C73H130N3O34P3. The number of rotatable bonds is 56. The lowest BCUT2D eigenvalue weighted by Gasteiger charge is -2.40. The number of carbonyl (C=O) groups excluding carboxylic acids is 6. The Balaban J connectivity index is 0.951. The van der Waals surface area contributed by atoms with Crippen LogP contribution in [0, 0.1) is 17.8 Å². The molecule has 6 aliphatic heterocycles. The van der Waals surface area contributed by atoms with E-state index < -0.39 is 203 Å². The number of hydrogen-bond donors (Lipinski definition) is 13. The molecule has 0 aromatic heterocycles. The van der Waals surface area contributed by atoms with Crippen molar-refractivity contribution in [2.24, 2.45) is 17.8 Å². The van der Waals surface area contributed by atoms with E-state index in [1.165, 1.54) is 14.7 Å². The Morgan fingerprint density at radius 3 is 0.920 bits per heavy atom. The SMILES string of the molecule is COP(=O)(O)OC[C@@H]1C[C@@H](OP(=O)(O)OC[C@@H]2C[C@@H](OP(=O)(O)OC[C@@H]3C[C@@H](O)CN3C(=O)CCCCCCC(=O)CCCCOC3OC(CO)C(O)C(O)C3C)CN2C(=O)CCCCCCC(=O)CCCCOC2OC(CO)C(O)C(O)C2C)CN1C(=O)CCCCCCC(=O)CCCCOC1OC(CO)C(O)C(O)C1C. The number of nitrogens with zero attached hydrogens (tertiary/aromatic N) is 3. The number of unbranched alkanes of at least 4 members (excludes halogenated alkanes) is 12. The molecule has 13 N–H and O–H groups in total. The highest BCUT2D eigenvalue weighted by Gasteiger charge is 2.48. The van der Waals surface area contributed by atoms with E-state index in [4.69, 9.17) is 51.0 Å². The molecule has 656 valence electrons. The molecule has 3 amide bonds. The van der Waals surface area contributed by atoms with Crippen LogP contribution >= 0.6 is 23.5 Å². The molecule has 37 nitrogen and oxygen atoms in total. The molecule has 24 atom stereocenters. The smallest absolute Gasteiger partial charge is 0.394 e. The summed E-state index contributed by atoms with van der Waals surface area (Å²) in [5, 5.41) is 100. The van der Waals surface area contributed by atoms with Gasteiger partial charge in [0.1, 0.15) is 54.0 Å². The van der Waals surface area contributed by atoms with E-state index in [9.17, 15) is 108 Å². The van der Waals surface area contributed by atoms with Crippen LogP contribution in [0.4, 0.5) is 0 Å². The Morgan fingerprint density at radius 1 is 0.363 bits per heavy atom. The summed E-state index contributed by atoms with van der Waals surface area (Å²) in [7, 11) is -13.7. The zero-order valence-corrected chi connectivity index (χ0v) is 68.6. The highest BCUT2D eigenvalue weighted by molar-refractivity contribution is 7.48. The number of Topliss-reactive ketones (excluding diaryl/α,β-unsaturated/α-hetero) is 3.